The number of rotatable bonds is 4. The van der Waals surface area contributed by atoms with Crippen molar-refractivity contribution in [2.75, 3.05) is 19.0 Å². The molecule has 94 valence electrons. The van der Waals surface area contributed by atoms with Gasteiger partial charge in [0.25, 0.3) is 0 Å². The molecular weight excluding hydrogens is 228 g/mol. The summed E-state index contributed by atoms with van der Waals surface area (Å²) in [6.07, 6.45) is 2.72. The highest BCUT2D eigenvalue weighted by molar-refractivity contribution is 5.57. The molecule has 5 nitrogen and oxygen atoms in total. The van der Waals surface area contributed by atoms with Gasteiger partial charge in [-0.3, -0.25) is 0 Å². The van der Waals surface area contributed by atoms with Crippen molar-refractivity contribution in [3.63, 3.8) is 0 Å². The Hall–Kier alpha value is -1.88. The molecule has 1 aliphatic heterocycles. The SMILES string of the molecule is COCCn1cnnc1[C@@H]1Cc2ccccc2N1. The number of nitrogens with zero attached hydrogens (tertiary/aromatic N) is 3. The maximum atomic E-state index is 5.10. The van der Waals surface area contributed by atoms with Gasteiger partial charge in [-0.1, -0.05) is 18.2 Å². The van der Waals surface area contributed by atoms with E-state index in [4.69, 9.17) is 4.74 Å². The van der Waals surface area contributed by atoms with Gasteiger partial charge in [0.15, 0.2) is 5.82 Å². The van der Waals surface area contributed by atoms with Crippen molar-refractivity contribution in [2.24, 2.45) is 0 Å². The molecule has 1 aliphatic rings. The van der Waals surface area contributed by atoms with Crippen molar-refractivity contribution >= 4 is 5.69 Å². The molecule has 0 aliphatic carbocycles. The molecule has 1 atom stereocenters. The molecule has 0 saturated carbocycles. The van der Waals surface area contributed by atoms with Gasteiger partial charge in [-0.05, 0) is 11.6 Å². The second kappa shape index (κ2) is 4.78. The van der Waals surface area contributed by atoms with Gasteiger partial charge >= 0.3 is 0 Å². The number of fused-ring (bicyclic) bond motifs is 1. The molecular formula is C13H16N4O. The van der Waals surface area contributed by atoms with Crippen LogP contribution in [0.25, 0.3) is 0 Å². The van der Waals surface area contributed by atoms with Gasteiger partial charge in [0.05, 0.1) is 12.6 Å². The van der Waals surface area contributed by atoms with Crippen molar-refractivity contribution in [3.05, 3.63) is 42.0 Å². The van der Waals surface area contributed by atoms with E-state index in [1.807, 2.05) is 10.6 Å². The van der Waals surface area contributed by atoms with Gasteiger partial charge < -0.3 is 14.6 Å². The zero-order chi connectivity index (χ0) is 12.4. The highest BCUT2D eigenvalue weighted by Gasteiger charge is 2.25. The van der Waals surface area contributed by atoms with Crippen LogP contribution in [0.5, 0.6) is 0 Å². The first-order chi connectivity index (χ1) is 8.88. The van der Waals surface area contributed by atoms with E-state index in [1.54, 1.807) is 13.4 Å². The van der Waals surface area contributed by atoms with E-state index in [9.17, 15) is 0 Å². The van der Waals surface area contributed by atoms with Crippen molar-refractivity contribution in [2.45, 2.75) is 19.0 Å². The van der Waals surface area contributed by atoms with Crippen LogP contribution in [0.3, 0.4) is 0 Å². The van der Waals surface area contributed by atoms with Crippen LogP contribution in [-0.2, 0) is 17.7 Å². The summed E-state index contributed by atoms with van der Waals surface area (Å²) >= 11 is 0. The minimum Gasteiger partial charge on any atom is -0.383 e. The molecule has 2 aromatic rings. The molecule has 1 aromatic carbocycles. The number of para-hydroxylation sites is 1. The zero-order valence-electron chi connectivity index (χ0n) is 10.3. The lowest BCUT2D eigenvalue weighted by atomic mass is 10.1. The number of nitrogens with one attached hydrogen (secondary N) is 1. The fraction of sp³-hybridized carbons (Fsp3) is 0.385. The first kappa shape index (κ1) is 11.2. The van der Waals surface area contributed by atoms with E-state index in [2.05, 4.69) is 33.7 Å². The maximum absolute atomic E-state index is 5.10. The predicted octanol–water partition coefficient (Wildman–Crippen LogP) is 1.63. The Morgan fingerprint density at radius 2 is 2.33 bits per heavy atom. The number of hydrogen-bond acceptors (Lipinski definition) is 4. The van der Waals surface area contributed by atoms with Crippen LogP contribution in [0.2, 0.25) is 0 Å². The lowest BCUT2D eigenvalue weighted by Crippen LogP contribution is -2.15. The molecule has 0 bridgehead atoms. The first-order valence-electron chi connectivity index (χ1n) is 6.09. The number of anilines is 1. The summed E-state index contributed by atoms with van der Waals surface area (Å²) < 4.78 is 7.15. The first-order valence-corrected chi connectivity index (χ1v) is 6.09. The fourth-order valence-electron chi connectivity index (χ4n) is 2.35. The van der Waals surface area contributed by atoms with E-state index >= 15 is 0 Å². The van der Waals surface area contributed by atoms with Crippen LogP contribution < -0.4 is 5.32 Å². The number of hydrogen-bond donors (Lipinski definition) is 1. The number of aromatic nitrogens is 3. The standard InChI is InChI=1S/C13H16N4O/c1-18-7-6-17-9-14-16-13(17)12-8-10-4-2-3-5-11(10)15-12/h2-5,9,12,15H,6-8H2,1H3/t12-/m0/s1. The van der Waals surface area contributed by atoms with Gasteiger partial charge in [0, 0.05) is 25.8 Å². The summed E-state index contributed by atoms with van der Waals surface area (Å²) in [6, 6.07) is 8.58. The monoisotopic (exact) mass is 244 g/mol. The van der Waals surface area contributed by atoms with Crippen molar-refractivity contribution in [3.8, 4) is 0 Å². The van der Waals surface area contributed by atoms with Crippen LogP contribution in [0.1, 0.15) is 17.4 Å². The van der Waals surface area contributed by atoms with E-state index in [-0.39, 0.29) is 6.04 Å². The molecule has 1 aromatic heterocycles. The molecule has 0 radical (unpaired) electrons. The average Bonchev–Trinajstić information content (AvgIpc) is 3.01. The third-order valence-electron chi connectivity index (χ3n) is 3.26. The molecule has 0 spiro atoms. The van der Waals surface area contributed by atoms with E-state index in [0.29, 0.717) is 6.61 Å². The molecule has 18 heavy (non-hydrogen) atoms. The topological polar surface area (TPSA) is 52.0 Å². The third-order valence-corrected chi connectivity index (χ3v) is 3.26. The van der Waals surface area contributed by atoms with E-state index < -0.39 is 0 Å². The molecule has 1 N–H and O–H groups in total. The summed E-state index contributed by atoms with van der Waals surface area (Å²) in [6.45, 7) is 1.46. The third kappa shape index (κ3) is 1.97. The van der Waals surface area contributed by atoms with Gasteiger partial charge in [-0.2, -0.15) is 0 Å². The normalized spacial score (nSPS) is 17.5. The Morgan fingerprint density at radius 3 is 3.17 bits per heavy atom. The highest BCUT2D eigenvalue weighted by Crippen LogP contribution is 2.32. The number of benzene rings is 1. The minimum absolute atomic E-state index is 0.210. The summed E-state index contributed by atoms with van der Waals surface area (Å²) in [4.78, 5) is 0. The van der Waals surface area contributed by atoms with Gasteiger partial charge in [-0.15, -0.1) is 10.2 Å². The lowest BCUT2D eigenvalue weighted by molar-refractivity contribution is 0.186. The van der Waals surface area contributed by atoms with Crippen LogP contribution in [0.15, 0.2) is 30.6 Å². The zero-order valence-corrected chi connectivity index (χ0v) is 10.3. The smallest absolute Gasteiger partial charge is 0.155 e. The molecule has 5 heteroatoms. The Kier molecular flexibility index (Phi) is 2.98. The van der Waals surface area contributed by atoms with Crippen LogP contribution in [-0.4, -0.2) is 28.5 Å². The highest BCUT2D eigenvalue weighted by atomic mass is 16.5. The van der Waals surface area contributed by atoms with Crippen molar-refractivity contribution in [1.82, 2.24) is 14.8 Å². The van der Waals surface area contributed by atoms with E-state index in [0.717, 1.165) is 18.8 Å². The molecule has 0 amide bonds. The predicted molar refractivity (Wildman–Crippen MR) is 68.4 cm³/mol. The van der Waals surface area contributed by atoms with Gasteiger partial charge in [0.1, 0.15) is 6.33 Å². The second-order valence-corrected chi connectivity index (χ2v) is 4.43. The average molecular weight is 244 g/mol. The molecule has 3 rings (SSSR count). The van der Waals surface area contributed by atoms with E-state index in [1.165, 1.54) is 11.3 Å². The molecule has 0 fully saturated rings. The van der Waals surface area contributed by atoms with Crippen LogP contribution in [0.4, 0.5) is 5.69 Å². The second-order valence-electron chi connectivity index (χ2n) is 4.43. The summed E-state index contributed by atoms with van der Waals surface area (Å²) in [5.74, 6) is 0.975. The van der Waals surface area contributed by atoms with Crippen molar-refractivity contribution < 1.29 is 4.74 Å². The maximum Gasteiger partial charge on any atom is 0.155 e. The Labute approximate surface area is 106 Å². The summed E-state index contributed by atoms with van der Waals surface area (Å²) in [5, 5.41) is 11.7. The van der Waals surface area contributed by atoms with Gasteiger partial charge in [-0.25, -0.2) is 0 Å². The molecule has 0 saturated heterocycles. The Morgan fingerprint density at radius 1 is 1.44 bits per heavy atom. The van der Waals surface area contributed by atoms with Gasteiger partial charge in [0.2, 0.25) is 0 Å². The Bertz CT molecular complexity index is 512. The van der Waals surface area contributed by atoms with Crippen molar-refractivity contribution in [1.29, 1.82) is 0 Å². The quantitative estimate of drug-likeness (QED) is 0.888. The molecule has 0 unspecified atom stereocenters. The Balaban J connectivity index is 1.80. The van der Waals surface area contributed by atoms with Crippen LogP contribution >= 0.6 is 0 Å². The summed E-state index contributed by atoms with van der Waals surface area (Å²) in [5.41, 5.74) is 2.53. The minimum atomic E-state index is 0.210. The summed E-state index contributed by atoms with van der Waals surface area (Å²) in [7, 11) is 1.70. The molecule has 2 heterocycles. The lowest BCUT2D eigenvalue weighted by Gasteiger charge is -2.12. The number of ether oxygens (including phenoxy) is 1. The largest absolute Gasteiger partial charge is 0.383 e. The fourth-order valence-corrected chi connectivity index (χ4v) is 2.35. The van der Waals surface area contributed by atoms with Crippen LogP contribution in [0, 0.1) is 0 Å². The number of methoxy groups -OCH3 is 1.